The molecule has 1 aromatic rings. The van der Waals surface area contributed by atoms with Gasteiger partial charge < -0.3 is 9.84 Å². The molecule has 1 aromatic carbocycles. The van der Waals surface area contributed by atoms with Crippen molar-refractivity contribution in [3.63, 3.8) is 0 Å². The van der Waals surface area contributed by atoms with Crippen molar-refractivity contribution < 1.29 is 9.84 Å². The summed E-state index contributed by atoms with van der Waals surface area (Å²) in [6, 6.07) is 7.02. The number of hydrogen-bond acceptors (Lipinski definition) is 2. The fraction of sp³-hybridized carbons (Fsp3) is 0.200. The maximum Gasteiger partial charge on any atom is 0.115 e. The second-order valence-corrected chi connectivity index (χ2v) is 3.62. The molecule has 0 fully saturated rings. The van der Waals surface area contributed by atoms with Gasteiger partial charge in [0, 0.05) is 0 Å². The topological polar surface area (TPSA) is 29.5 Å². The molecule has 0 aliphatic rings. The van der Waals surface area contributed by atoms with Crippen LogP contribution in [0.3, 0.4) is 0 Å². The van der Waals surface area contributed by atoms with Crippen molar-refractivity contribution in [3.05, 3.63) is 66.3 Å². The lowest BCUT2D eigenvalue weighted by Crippen LogP contribution is -1.97. The Balaban J connectivity index is 2.39. The average Bonchev–Trinajstić information content (AvgIpc) is 2.36. The first-order valence-corrected chi connectivity index (χ1v) is 5.56. The first-order valence-electron chi connectivity index (χ1n) is 5.56. The fourth-order valence-electron chi connectivity index (χ4n) is 1.30. The average molecular weight is 230 g/mol. The summed E-state index contributed by atoms with van der Waals surface area (Å²) in [7, 11) is 0. The van der Waals surface area contributed by atoms with E-state index in [1.54, 1.807) is 18.2 Å². The standard InChI is InChI=1S/C15H18O2/c1-3-5-6-13(4-2)11-17-12-14-7-9-15(16)10-8-14/h3-10,16H,1,11-12H2,2H3/b6-5-,13-4+. The van der Waals surface area contributed by atoms with Gasteiger partial charge in [0.05, 0.1) is 13.2 Å². The Kier molecular flexibility index (Phi) is 5.83. The van der Waals surface area contributed by atoms with Gasteiger partial charge in [0.1, 0.15) is 5.75 Å². The molecule has 0 aromatic heterocycles. The summed E-state index contributed by atoms with van der Waals surface area (Å²) in [5.74, 6) is 0.275. The van der Waals surface area contributed by atoms with Crippen LogP contribution in [-0.4, -0.2) is 11.7 Å². The van der Waals surface area contributed by atoms with Crippen LogP contribution >= 0.6 is 0 Å². The van der Waals surface area contributed by atoms with Crippen LogP contribution in [0.25, 0.3) is 0 Å². The lowest BCUT2D eigenvalue weighted by Gasteiger charge is -2.05. The number of ether oxygens (including phenoxy) is 1. The SMILES string of the molecule is C=C/C=C\C(=C/C)COCc1ccc(O)cc1. The van der Waals surface area contributed by atoms with E-state index < -0.39 is 0 Å². The Morgan fingerprint density at radius 1 is 1.35 bits per heavy atom. The summed E-state index contributed by atoms with van der Waals surface area (Å²) in [4.78, 5) is 0. The number of benzene rings is 1. The molecule has 0 bridgehead atoms. The molecule has 1 rings (SSSR count). The highest BCUT2D eigenvalue weighted by Gasteiger charge is 1.95. The van der Waals surface area contributed by atoms with Crippen molar-refractivity contribution in [1.29, 1.82) is 0 Å². The Labute approximate surface area is 103 Å². The summed E-state index contributed by atoms with van der Waals surface area (Å²) >= 11 is 0. The van der Waals surface area contributed by atoms with Gasteiger partial charge in [-0.05, 0) is 30.2 Å². The molecule has 0 aliphatic heterocycles. The van der Waals surface area contributed by atoms with E-state index in [-0.39, 0.29) is 5.75 Å². The highest BCUT2D eigenvalue weighted by atomic mass is 16.5. The molecule has 0 heterocycles. The van der Waals surface area contributed by atoms with E-state index in [0.29, 0.717) is 13.2 Å². The number of rotatable bonds is 6. The lowest BCUT2D eigenvalue weighted by atomic mass is 10.2. The van der Waals surface area contributed by atoms with Gasteiger partial charge in [0.15, 0.2) is 0 Å². The predicted molar refractivity (Wildman–Crippen MR) is 70.9 cm³/mol. The molecule has 2 heteroatoms. The van der Waals surface area contributed by atoms with Crippen LogP contribution in [0, 0.1) is 0 Å². The van der Waals surface area contributed by atoms with Gasteiger partial charge in [-0.25, -0.2) is 0 Å². The zero-order chi connectivity index (χ0) is 12.5. The van der Waals surface area contributed by atoms with Gasteiger partial charge in [0.2, 0.25) is 0 Å². The number of phenols is 1. The second-order valence-electron chi connectivity index (χ2n) is 3.62. The number of aromatic hydroxyl groups is 1. The van der Waals surface area contributed by atoms with Gasteiger partial charge in [0.25, 0.3) is 0 Å². The lowest BCUT2D eigenvalue weighted by molar-refractivity contribution is 0.144. The summed E-state index contributed by atoms with van der Waals surface area (Å²) in [6.07, 6.45) is 7.61. The predicted octanol–water partition coefficient (Wildman–Crippen LogP) is 3.60. The third-order valence-electron chi connectivity index (χ3n) is 2.29. The molecule has 0 spiro atoms. The van der Waals surface area contributed by atoms with Crippen molar-refractivity contribution >= 4 is 0 Å². The quantitative estimate of drug-likeness (QED) is 0.757. The number of hydrogen-bond donors (Lipinski definition) is 1. The molecule has 0 saturated heterocycles. The molecule has 0 saturated carbocycles. The number of allylic oxidation sites excluding steroid dienone is 3. The minimum absolute atomic E-state index is 0.275. The smallest absolute Gasteiger partial charge is 0.115 e. The summed E-state index contributed by atoms with van der Waals surface area (Å²) in [5, 5.41) is 9.14. The van der Waals surface area contributed by atoms with E-state index in [1.807, 2.05) is 37.3 Å². The van der Waals surface area contributed by atoms with E-state index in [1.165, 1.54) is 0 Å². The molecule has 1 N–H and O–H groups in total. The minimum atomic E-state index is 0.275. The van der Waals surface area contributed by atoms with Crippen molar-refractivity contribution in [1.82, 2.24) is 0 Å². The van der Waals surface area contributed by atoms with E-state index in [2.05, 4.69) is 6.58 Å². The molecule has 17 heavy (non-hydrogen) atoms. The van der Waals surface area contributed by atoms with Crippen molar-refractivity contribution in [2.24, 2.45) is 0 Å². The molecule has 0 atom stereocenters. The van der Waals surface area contributed by atoms with Crippen LogP contribution in [0.15, 0.2) is 60.7 Å². The maximum absolute atomic E-state index is 9.14. The van der Waals surface area contributed by atoms with Crippen LogP contribution in [-0.2, 0) is 11.3 Å². The molecule has 2 nitrogen and oxygen atoms in total. The Bertz CT molecular complexity index is 399. The van der Waals surface area contributed by atoms with Crippen LogP contribution in [0.5, 0.6) is 5.75 Å². The Morgan fingerprint density at radius 2 is 2.06 bits per heavy atom. The molecule has 0 aliphatic carbocycles. The third kappa shape index (κ3) is 5.18. The third-order valence-corrected chi connectivity index (χ3v) is 2.29. The van der Waals surface area contributed by atoms with Gasteiger partial charge in [-0.15, -0.1) is 0 Å². The highest BCUT2D eigenvalue weighted by Crippen LogP contribution is 2.11. The highest BCUT2D eigenvalue weighted by molar-refractivity contribution is 5.25. The van der Waals surface area contributed by atoms with E-state index >= 15 is 0 Å². The van der Waals surface area contributed by atoms with Crippen molar-refractivity contribution in [3.8, 4) is 5.75 Å². The molecule has 0 unspecified atom stereocenters. The van der Waals surface area contributed by atoms with Crippen LogP contribution < -0.4 is 0 Å². The van der Waals surface area contributed by atoms with Gasteiger partial charge in [-0.3, -0.25) is 0 Å². The monoisotopic (exact) mass is 230 g/mol. The van der Waals surface area contributed by atoms with E-state index in [0.717, 1.165) is 11.1 Å². The molecular weight excluding hydrogens is 212 g/mol. The first kappa shape index (κ1) is 13.3. The van der Waals surface area contributed by atoms with Gasteiger partial charge >= 0.3 is 0 Å². The molecular formula is C15H18O2. The minimum Gasteiger partial charge on any atom is -0.508 e. The summed E-state index contributed by atoms with van der Waals surface area (Å²) in [6.45, 7) is 6.72. The van der Waals surface area contributed by atoms with E-state index in [9.17, 15) is 0 Å². The summed E-state index contributed by atoms with van der Waals surface area (Å²) < 4.78 is 5.57. The zero-order valence-electron chi connectivity index (χ0n) is 10.1. The second kappa shape index (κ2) is 7.47. The fourth-order valence-corrected chi connectivity index (χ4v) is 1.30. The number of phenolic OH excluding ortho intramolecular Hbond substituents is 1. The van der Waals surface area contributed by atoms with Crippen LogP contribution in [0.1, 0.15) is 12.5 Å². The Morgan fingerprint density at radius 3 is 2.65 bits per heavy atom. The molecule has 0 radical (unpaired) electrons. The first-order chi connectivity index (χ1) is 8.26. The zero-order valence-corrected chi connectivity index (χ0v) is 10.1. The van der Waals surface area contributed by atoms with Crippen LogP contribution in [0.2, 0.25) is 0 Å². The molecule has 90 valence electrons. The Hall–Kier alpha value is -1.80. The van der Waals surface area contributed by atoms with Gasteiger partial charge in [-0.2, -0.15) is 0 Å². The summed E-state index contributed by atoms with van der Waals surface area (Å²) in [5.41, 5.74) is 2.16. The van der Waals surface area contributed by atoms with Crippen LogP contribution in [0.4, 0.5) is 0 Å². The maximum atomic E-state index is 9.14. The van der Waals surface area contributed by atoms with Crippen molar-refractivity contribution in [2.75, 3.05) is 6.61 Å². The van der Waals surface area contributed by atoms with Gasteiger partial charge in [-0.1, -0.05) is 43.0 Å². The van der Waals surface area contributed by atoms with Crippen molar-refractivity contribution in [2.45, 2.75) is 13.5 Å². The molecule has 0 amide bonds. The largest absolute Gasteiger partial charge is 0.508 e. The van der Waals surface area contributed by atoms with E-state index in [4.69, 9.17) is 9.84 Å². The normalized spacial score (nSPS) is 11.9.